The average molecular weight is 371 g/mol. The van der Waals surface area contributed by atoms with E-state index in [0.29, 0.717) is 0 Å². The van der Waals surface area contributed by atoms with E-state index in [1.165, 1.54) is 31.3 Å². The van der Waals surface area contributed by atoms with Crippen LogP contribution in [0.5, 0.6) is 0 Å². The SMILES string of the molecule is O=C(NCCC1=CCCCC1)C1CCN(c2nc3cccnc3s2)CC1. The van der Waals surface area contributed by atoms with Gasteiger partial charge in [-0.15, -0.1) is 0 Å². The molecule has 1 aliphatic heterocycles. The second-order valence-corrected chi connectivity index (χ2v) is 8.19. The topological polar surface area (TPSA) is 58.1 Å². The Labute approximate surface area is 158 Å². The molecule has 1 fully saturated rings. The molecule has 0 saturated carbocycles. The van der Waals surface area contributed by atoms with Crippen molar-refractivity contribution in [3.8, 4) is 0 Å². The zero-order valence-corrected chi connectivity index (χ0v) is 15.9. The van der Waals surface area contributed by atoms with Crippen LogP contribution in [0.1, 0.15) is 44.9 Å². The predicted molar refractivity (Wildman–Crippen MR) is 107 cm³/mol. The smallest absolute Gasteiger partial charge is 0.223 e. The van der Waals surface area contributed by atoms with Crippen molar-refractivity contribution in [3.63, 3.8) is 0 Å². The maximum absolute atomic E-state index is 12.5. The number of piperidine rings is 1. The lowest BCUT2D eigenvalue weighted by Gasteiger charge is -2.31. The van der Waals surface area contributed by atoms with Gasteiger partial charge in [0, 0.05) is 31.7 Å². The molecule has 26 heavy (non-hydrogen) atoms. The van der Waals surface area contributed by atoms with Gasteiger partial charge >= 0.3 is 0 Å². The van der Waals surface area contributed by atoms with E-state index >= 15 is 0 Å². The summed E-state index contributed by atoms with van der Waals surface area (Å²) in [4.78, 5) is 24.8. The highest BCUT2D eigenvalue weighted by atomic mass is 32.1. The van der Waals surface area contributed by atoms with Gasteiger partial charge in [-0.1, -0.05) is 23.0 Å². The number of allylic oxidation sites excluding steroid dienone is 1. The standard InChI is InChI=1S/C20H26N4OS/c25-18(21-12-8-15-5-2-1-3-6-15)16-9-13-24(14-10-16)20-23-17-7-4-11-22-19(17)26-20/h4-5,7,11,16H,1-3,6,8-10,12-14H2,(H,21,25). The maximum Gasteiger partial charge on any atom is 0.223 e. The zero-order chi connectivity index (χ0) is 17.8. The first-order valence-electron chi connectivity index (χ1n) is 9.72. The number of hydrogen-bond donors (Lipinski definition) is 1. The molecule has 1 amide bonds. The Morgan fingerprint density at radius 3 is 2.96 bits per heavy atom. The van der Waals surface area contributed by atoms with Crippen LogP contribution < -0.4 is 10.2 Å². The molecule has 0 radical (unpaired) electrons. The van der Waals surface area contributed by atoms with E-state index in [1.807, 2.05) is 18.3 Å². The number of carbonyl (C=O) groups is 1. The Hall–Kier alpha value is -1.95. The predicted octanol–water partition coefficient (Wildman–Crippen LogP) is 3.91. The molecular weight excluding hydrogens is 344 g/mol. The van der Waals surface area contributed by atoms with Crippen LogP contribution in [-0.4, -0.2) is 35.5 Å². The molecule has 1 aliphatic carbocycles. The van der Waals surface area contributed by atoms with Gasteiger partial charge in [-0.2, -0.15) is 0 Å². The van der Waals surface area contributed by atoms with Gasteiger partial charge in [0.05, 0.1) is 0 Å². The maximum atomic E-state index is 12.5. The summed E-state index contributed by atoms with van der Waals surface area (Å²) in [5.41, 5.74) is 2.49. The molecule has 6 heteroatoms. The summed E-state index contributed by atoms with van der Waals surface area (Å²) in [6, 6.07) is 3.93. The Kier molecular flexibility index (Phi) is 5.48. The molecule has 2 aromatic rings. The number of rotatable bonds is 5. The van der Waals surface area contributed by atoms with E-state index in [9.17, 15) is 4.79 Å². The van der Waals surface area contributed by atoms with Gasteiger partial charge < -0.3 is 10.2 Å². The number of carbonyl (C=O) groups excluding carboxylic acids is 1. The third-order valence-corrected chi connectivity index (χ3v) is 6.46. The highest BCUT2D eigenvalue weighted by Gasteiger charge is 2.26. The minimum absolute atomic E-state index is 0.138. The lowest BCUT2D eigenvalue weighted by molar-refractivity contribution is -0.125. The van der Waals surface area contributed by atoms with E-state index in [-0.39, 0.29) is 11.8 Å². The van der Waals surface area contributed by atoms with Crippen LogP contribution in [-0.2, 0) is 4.79 Å². The number of nitrogens with zero attached hydrogens (tertiary/aromatic N) is 3. The highest BCUT2D eigenvalue weighted by Crippen LogP contribution is 2.30. The Morgan fingerprint density at radius 2 is 2.19 bits per heavy atom. The summed E-state index contributed by atoms with van der Waals surface area (Å²) in [5, 5.41) is 4.18. The minimum Gasteiger partial charge on any atom is -0.356 e. The molecule has 0 bridgehead atoms. The number of thiazole rings is 1. The van der Waals surface area contributed by atoms with Crippen molar-refractivity contribution in [3.05, 3.63) is 30.0 Å². The molecule has 138 valence electrons. The van der Waals surface area contributed by atoms with Crippen molar-refractivity contribution in [2.24, 2.45) is 5.92 Å². The third kappa shape index (κ3) is 4.06. The van der Waals surface area contributed by atoms with E-state index in [1.54, 1.807) is 11.3 Å². The first-order valence-corrected chi connectivity index (χ1v) is 10.5. The van der Waals surface area contributed by atoms with Crippen molar-refractivity contribution < 1.29 is 4.79 Å². The molecule has 0 aromatic carbocycles. The highest BCUT2D eigenvalue weighted by molar-refractivity contribution is 7.21. The van der Waals surface area contributed by atoms with Gasteiger partial charge in [-0.05, 0) is 57.1 Å². The van der Waals surface area contributed by atoms with Gasteiger partial charge in [-0.25, -0.2) is 9.97 Å². The van der Waals surface area contributed by atoms with E-state index in [0.717, 1.165) is 54.4 Å². The summed E-state index contributed by atoms with van der Waals surface area (Å²) >= 11 is 1.64. The number of fused-ring (bicyclic) bond motifs is 1. The number of hydrogen-bond acceptors (Lipinski definition) is 5. The van der Waals surface area contributed by atoms with Crippen molar-refractivity contribution in [1.29, 1.82) is 0 Å². The van der Waals surface area contributed by atoms with Gasteiger partial charge in [0.25, 0.3) is 0 Å². The molecule has 5 nitrogen and oxygen atoms in total. The fourth-order valence-corrected chi connectivity index (χ4v) is 4.81. The number of anilines is 1. The van der Waals surface area contributed by atoms with Crippen LogP contribution in [0.25, 0.3) is 10.3 Å². The summed E-state index contributed by atoms with van der Waals surface area (Å²) < 4.78 is 0. The number of pyridine rings is 1. The fourth-order valence-electron chi connectivity index (χ4n) is 3.85. The van der Waals surface area contributed by atoms with Crippen LogP contribution in [0.2, 0.25) is 0 Å². The van der Waals surface area contributed by atoms with Gasteiger partial charge in [0.15, 0.2) is 5.13 Å². The van der Waals surface area contributed by atoms with E-state index in [2.05, 4.69) is 26.3 Å². The van der Waals surface area contributed by atoms with Crippen molar-refractivity contribution in [2.75, 3.05) is 24.5 Å². The van der Waals surface area contributed by atoms with Crippen LogP contribution in [0.4, 0.5) is 5.13 Å². The summed E-state index contributed by atoms with van der Waals surface area (Å²) in [5.74, 6) is 0.367. The van der Waals surface area contributed by atoms with Crippen molar-refractivity contribution in [1.82, 2.24) is 15.3 Å². The molecule has 2 aromatic heterocycles. The molecule has 1 saturated heterocycles. The van der Waals surface area contributed by atoms with E-state index < -0.39 is 0 Å². The molecule has 0 unspecified atom stereocenters. The molecule has 0 spiro atoms. The molecule has 0 atom stereocenters. The molecule has 2 aliphatic rings. The van der Waals surface area contributed by atoms with Gasteiger partial charge in [0.2, 0.25) is 5.91 Å². The summed E-state index contributed by atoms with van der Waals surface area (Å²) in [6.07, 6.45) is 12.0. The molecule has 3 heterocycles. The summed E-state index contributed by atoms with van der Waals surface area (Å²) in [7, 11) is 0. The normalized spacial score (nSPS) is 18.8. The largest absolute Gasteiger partial charge is 0.356 e. The molecule has 1 N–H and O–H groups in total. The average Bonchev–Trinajstić information content (AvgIpc) is 3.13. The van der Waals surface area contributed by atoms with Crippen molar-refractivity contribution >= 4 is 32.7 Å². The number of amides is 1. The Balaban J connectivity index is 1.25. The Morgan fingerprint density at radius 1 is 1.31 bits per heavy atom. The monoisotopic (exact) mass is 370 g/mol. The summed E-state index contributed by atoms with van der Waals surface area (Å²) in [6.45, 7) is 2.57. The zero-order valence-electron chi connectivity index (χ0n) is 15.1. The van der Waals surface area contributed by atoms with Gasteiger partial charge in [-0.3, -0.25) is 4.79 Å². The first kappa shape index (κ1) is 17.5. The third-order valence-electron chi connectivity index (χ3n) is 5.42. The Bertz CT molecular complexity index is 759. The molecule has 4 rings (SSSR count). The minimum atomic E-state index is 0.138. The molecular formula is C20H26N4OS. The number of nitrogens with one attached hydrogen (secondary N) is 1. The van der Waals surface area contributed by atoms with Crippen LogP contribution in [0, 0.1) is 5.92 Å². The quantitative estimate of drug-likeness (QED) is 0.811. The lowest BCUT2D eigenvalue weighted by atomic mass is 9.95. The van der Waals surface area contributed by atoms with Crippen LogP contribution in [0.3, 0.4) is 0 Å². The number of aromatic nitrogens is 2. The fraction of sp³-hybridized carbons (Fsp3) is 0.550. The van der Waals surface area contributed by atoms with E-state index in [4.69, 9.17) is 0 Å². The van der Waals surface area contributed by atoms with Gasteiger partial charge in [0.1, 0.15) is 10.3 Å². The van der Waals surface area contributed by atoms with Crippen LogP contribution in [0.15, 0.2) is 30.0 Å². The second-order valence-electron chi connectivity index (χ2n) is 7.23. The van der Waals surface area contributed by atoms with Crippen molar-refractivity contribution in [2.45, 2.75) is 44.9 Å². The lowest BCUT2D eigenvalue weighted by Crippen LogP contribution is -2.40. The second kappa shape index (κ2) is 8.16. The van der Waals surface area contributed by atoms with Crippen LogP contribution >= 0.6 is 11.3 Å². The first-order chi connectivity index (χ1) is 12.8.